The van der Waals surface area contributed by atoms with Crippen molar-refractivity contribution in [1.82, 2.24) is 10.2 Å². The minimum absolute atomic E-state index is 0.0572. The van der Waals surface area contributed by atoms with E-state index < -0.39 is 0 Å². The van der Waals surface area contributed by atoms with E-state index in [1.54, 1.807) is 6.92 Å². The Bertz CT molecular complexity index is 186. The zero-order valence-electron chi connectivity index (χ0n) is 7.16. The average molecular weight is 158 g/mol. The van der Waals surface area contributed by atoms with E-state index in [4.69, 9.17) is 9.52 Å². The van der Waals surface area contributed by atoms with Crippen LogP contribution in [0.4, 0.5) is 0 Å². The number of aromatic nitrogens is 2. The van der Waals surface area contributed by atoms with Crippen molar-refractivity contribution in [2.24, 2.45) is 0 Å². The van der Waals surface area contributed by atoms with Gasteiger partial charge in [0.05, 0.1) is 6.61 Å². The van der Waals surface area contributed by atoms with Crippen molar-refractivity contribution in [3.63, 3.8) is 0 Å². The van der Waals surface area contributed by atoms with Gasteiger partial charge in [0.25, 0.3) is 0 Å². The normalized spacial score (nSPS) is 8.73. The maximum absolute atomic E-state index is 8.40. The molecule has 11 heavy (non-hydrogen) atoms. The van der Waals surface area contributed by atoms with Crippen molar-refractivity contribution >= 4 is 0 Å². The highest BCUT2D eigenvalue weighted by atomic mass is 16.4. The number of hydrogen-bond donors (Lipinski definition) is 1. The molecule has 0 aliphatic heterocycles. The molecule has 0 radical (unpaired) electrons. The SMILES string of the molecule is CC.Cc1nnc(CCO)o1. The first-order valence-electron chi connectivity index (χ1n) is 3.73. The highest BCUT2D eigenvalue weighted by Gasteiger charge is 1.98. The monoisotopic (exact) mass is 158 g/mol. The molecular formula is C7H14N2O2. The molecule has 0 spiro atoms. The molecular weight excluding hydrogens is 144 g/mol. The van der Waals surface area contributed by atoms with Gasteiger partial charge in [-0.25, -0.2) is 0 Å². The quantitative estimate of drug-likeness (QED) is 0.695. The lowest BCUT2D eigenvalue weighted by molar-refractivity contribution is 0.284. The summed E-state index contributed by atoms with van der Waals surface area (Å²) in [7, 11) is 0. The summed E-state index contributed by atoms with van der Waals surface area (Å²) in [4.78, 5) is 0. The molecule has 0 aliphatic carbocycles. The van der Waals surface area contributed by atoms with Crippen molar-refractivity contribution in [1.29, 1.82) is 0 Å². The van der Waals surface area contributed by atoms with Gasteiger partial charge in [-0.2, -0.15) is 0 Å². The first-order chi connectivity index (χ1) is 5.33. The standard InChI is InChI=1S/C5H8N2O2.C2H6/c1-4-6-7-5(9-4)2-3-8;1-2/h8H,2-3H2,1H3;1-2H3. The Morgan fingerprint density at radius 3 is 2.36 bits per heavy atom. The summed E-state index contributed by atoms with van der Waals surface area (Å²) in [5.74, 6) is 1.04. The molecule has 0 saturated heterocycles. The minimum atomic E-state index is 0.0572. The van der Waals surface area contributed by atoms with Crippen molar-refractivity contribution < 1.29 is 9.52 Å². The van der Waals surface area contributed by atoms with Crippen LogP contribution in [0.15, 0.2) is 4.42 Å². The molecule has 4 heteroatoms. The van der Waals surface area contributed by atoms with E-state index in [1.165, 1.54) is 0 Å². The second-order valence-electron chi connectivity index (χ2n) is 1.69. The van der Waals surface area contributed by atoms with Gasteiger partial charge in [-0.3, -0.25) is 0 Å². The summed E-state index contributed by atoms with van der Waals surface area (Å²) in [5, 5.41) is 15.6. The predicted molar refractivity (Wildman–Crippen MR) is 41.2 cm³/mol. The molecule has 0 amide bonds. The molecule has 1 aromatic heterocycles. The van der Waals surface area contributed by atoms with Crippen LogP contribution < -0.4 is 0 Å². The lowest BCUT2D eigenvalue weighted by Gasteiger charge is -1.83. The Morgan fingerprint density at radius 2 is 2.00 bits per heavy atom. The van der Waals surface area contributed by atoms with Gasteiger partial charge < -0.3 is 9.52 Å². The molecule has 0 bridgehead atoms. The van der Waals surface area contributed by atoms with Gasteiger partial charge in [0.15, 0.2) is 0 Å². The Balaban J connectivity index is 0.000000461. The zero-order valence-corrected chi connectivity index (χ0v) is 7.16. The first-order valence-corrected chi connectivity index (χ1v) is 3.73. The van der Waals surface area contributed by atoms with Gasteiger partial charge in [-0.1, -0.05) is 13.8 Å². The fraction of sp³-hybridized carbons (Fsp3) is 0.714. The van der Waals surface area contributed by atoms with Crippen LogP contribution in [0, 0.1) is 6.92 Å². The molecule has 1 aromatic rings. The van der Waals surface area contributed by atoms with E-state index in [-0.39, 0.29) is 6.61 Å². The highest BCUT2D eigenvalue weighted by Crippen LogP contribution is 1.96. The Morgan fingerprint density at radius 1 is 1.36 bits per heavy atom. The first kappa shape index (κ1) is 10.1. The fourth-order valence-electron chi connectivity index (χ4n) is 0.534. The van der Waals surface area contributed by atoms with Gasteiger partial charge in [-0.05, 0) is 0 Å². The molecule has 0 unspecified atom stereocenters. The highest BCUT2D eigenvalue weighted by molar-refractivity contribution is 4.77. The van der Waals surface area contributed by atoms with Gasteiger partial charge in [0.1, 0.15) is 0 Å². The Kier molecular flexibility index (Phi) is 5.37. The zero-order chi connectivity index (χ0) is 8.69. The second-order valence-corrected chi connectivity index (χ2v) is 1.69. The number of rotatable bonds is 2. The van der Waals surface area contributed by atoms with E-state index in [0.717, 1.165) is 0 Å². The second kappa shape index (κ2) is 5.85. The van der Waals surface area contributed by atoms with Crippen LogP contribution in [-0.4, -0.2) is 21.9 Å². The topological polar surface area (TPSA) is 59.2 Å². The summed E-state index contributed by atoms with van der Waals surface area (Å²) >= 11 is 0. The lowest BCUT2D eigenvalue weighted by atomic mass is 10.5. The van der Waals surface area contributed by atoms with Gasteiger partial charge in [0, 0.05) is 13.3 Å². The smallest absolute Gasteiger partial charge is 0.218 e. The van der Waals surface area contributed by atoms with E-state index in [2.05, 4.69) is 10.2 Å². The maximum atomic E-state index is 8.40. The number of aryl methyl sites for hydroxylation is 1. The van der Waals surface area contributed by atoms with E-state index in [9.17, 15) is 0 Å². The third-order valence-corrected chi connectivity index (χ3v) is 0.894. The lowest BCUT2D eigenvalue weighted by Crippen LogP contribution is -1.89. The van der Waals surface area contributed by atoms with Crippen LogP contribution in [0.5, 0.6) is 0 Å². The summed E-state index contributed by atoms with van der Waals surface area (Å²) in [6, 6.07) is 0. The number of aliphatic hydroxyl groups is 1. The van der Waals surface area contributed by atoms with Crippen LogP contribution in [0.1, 0.15) is 25.6 Å². The van der Waals surface area contributed by atoms with Crippen LogP contribution in [0.3, 0.4) is 0 Å². The summed E-state index contributed by atoms with van der Waals surface area (Å²) in [5.41, 5.74) is 0. The van der Waals surface area contributed by atoms with E-state index in [0.29, 0.717) is 18.2 Å². The average Bonchev–Trinajstić information content (AvgIpc) is 2.41. The maximum Gasteiger partial charge on any atom is 0.218 e. The molecule has 0 fully saturated rings. The van der Waals surface area contributed by atoms with Crippen molar-refractivity contribution in [2.75, 3.05) is 6.61 Å². The van der Waals surface area contributed by atoms with Gasteiger partial charge >= 0.3 is 0 Å². The molecule has 1 rings (SSSR count). The van der Waals surface area contributed by atoms with Crippen LogP contribution >= 0.6 is 0 Å². The molecule has 64 valence electrons. The number of aliphatic hydroxyl groups excluding tert-OH is 1. The summed E-state index contributed by atoms with van der Waals surface area (Å²) in [6.07, 6.45) is 0.445. The van der Waals surface area contributed by atoms with Crippen LogP contribution in [-0.2, 0) is 6.42 Å². The summed E-state index contributed by atoms with van der Waals surface area (Å²) in [6.45, 7) is 5.77. The van der Waals surface area contributed by atoms with Gasteiger partial charge in [0.2, 0.25) is 11.8 Å². The third-order valence-electron chi connectivity index (χ3n) is 0.894. The van der Waals surface area contributed by atoms with E-state index >= 15 is 0 Å². The number of nitrogens with zero attached hydrogens (tertiary/aromatic N) is 2. The van der Waals surface area contributed by atoms with Gasteiger partial charge in [-0.15, -0.1) is 10.2 Å². The molecule has 0 atom stereocenters. The number of hydrogen-bond acceptors (Lipinski definition) is 4. The third kappa shape index (κ3) is 3.72. The molecule has 1 heterocycles. The largest absolute Gasteiger partial charge is 0.426 e. The van der Waals surface area contributed by atoms with Crippen LogP contribution in [0.25, 0.3) is 0 Å². The predicted octanol–water partition coefficient (Wildman–Crippen LogP) is 0.939. The van der Waals surface area contributed by atoms with Crippen LogP contribution in [0.2, 0.25) is 0 Å². The molecule has 1 N–H and O–H groups in total. The minimum Gasteiger partial charge on any atom is -0.426 e. The van der Waals surface area contributed by atoms with Crippen molar-refractivity contribution in [3.05, 3.63) is 11.8 Å². The molecule has 0 aliphatic rings. The van der Waals surface area contributed by atoms with Crippen molar-refractivity contribution in [3.8, 4) is 0 Å². The summed E-state index contributed by atoms with van der Waals surface area (Å²) < 4.78 is 4.94. The Hall–Kier alpha value is -0.900. The molecule has 0 saturated carbocycles. The fourth-order valence-corrected chi connectivity index (χ4v) is 0.534. The molecule has 4 nitrogen and oxygen atoms in total. The van der Waals surface area contributed by atoms with E-state index in [1.807, 2.05) is 13.8 Å². The van der Waals surface area contributed by atoms with Crippen molar-refractivity contribution in [2.45, 2.75) is 27.2 Å². The Labute approximate surface area is 66.3 Å². The molecule has 0 aromatic carbocycles.